The molecule has 0 aliphatic rings. The maximum Gasteiger partial charge on any atom is 0.160 e. The highest BCUT2D eigenvalue weighted by molar-refractivity contribution is 7.26. The summed E-state index contributed by atoms with van der Waals surface area (Å²) in [5.41, 5.74) is 13.8. The molecule has 4 aromatic heterocycles. The molecule has 0 saturated carbocycles. The number of hydrogen-bond acceptors (Lipinski definition) is 3. The normalized spacial score (nSPS) is 11.8. The van der Waals surface area contributed by atoms with Crippen LogP contribution in [0.4, 0.5) is 0 Å². The molecule has 0 fully saturated rings. The molecular formula is C58H36N4S. The molecule has 13 aromatic rings. The lowest BCUT2D eigenvalue weighted by Gasteiger charge is -2.22. The fraction of sp³-hybridized carbons (Fsp3) is 0. The smallest absolute Gasteiger partial charge is 0.160 e. The van der Waals surface area contributed by atoms with Crippen molar-refractivity contribution in [1.82, 2.24) is 19.1 Å². The number of para-hydroxylation sites is 4. The molecule has 0 bridgehead atoms. The first-order chi connectivity index (χ1) is 31.3. The largest absolute Gasteiger partial charge is 0.309 e. The van der Waals surface area contributed by atoms with Gasteiger partial charge in [-0.2, -0.15) is 0 Å². The summed E-state index contributed by atoms with van der Waals surface area (Å²) >= 11 is 1.88. The van der Waals surface area contributed by atoms with Gasteiger partial charge in [0.05, 0.1) is 44.8 Å². The third-order valence-corrected chi connectivity index (χ3v) is 13.8. The van der Waals surface area contributed by atoms with E-state index in [-0.39, 0.29) is 0 Å². The zero-order chi connectivity index (χ0) is 41.4. The molecule has 4 nitrogen and oxygen atoms in total. The van der Waals surface area contributed by atoms with E-state index >= 15 is 0 Å². The molecule has 0 N–H and O–H groups in total. The summed E-state index contributed by atoms with van der Waals surface area (Å²) in [5, 5.41) is 7.54. The minimum absolute atomic E-state index is 0.683. The van der Waals surface area contributed by atoms with Gasteiger partial charge in [-0.3, -0.25) is 0 Å². The van der Waals surface area contributed by atoms with Crippen LogP contribution >= 0.6 is 11.3 Å². The number of hydrogen-bond donors (Lipinski definition) is 0. The SMILES string of the molecule is c1ccc(-c2cc(-c3cccc(-n4c5ccccc5c5c6sc7ccccc7c6ccc54)c3-c3ccccc3-n3c4ccccc4c4ccccc43)nc(-c3ccccc3)n2)cc1. The van der Waals surface area contributed by atoms with Crippen molar-refractivity contribution in [3.8, 4) is 56.4 Å². The number of benzene rings is 9. The van der Waals surface area contributed by atoms with Crippen LogP contribution < -0.4 is 0 Å². The van der Waals surface area contributed by atoms with Gasteiger partial charge in [0, 0.05) is 69.5 Å². The Labute approximate surface area is 367 Å². The maximum atomic E-state index is 5.46. The fourth-order valence-corrected chi connectivity index (χ4v) is 11.1. The predicted octanol–water partition coefficient (Wildman–Crippen LogP) is 15.7. The van der Waals surface area contributed by atoms with E-state index in [9.17, 15) is 0 Å². The molecule has 0 atom stereocenters. The Morgan fingerprint density at radius 2 is 0.889 bits per heavy atom. The lowest BCUT2D eigenvalue weighted by Crippen LogP contribution is -2.04. The molecule has 4 heterocycles. The third-order valence-electron chi connectivity index (χ3n) is 12.6. The summed E-state index contributed by atoms with van der Waals surface area (Å²) in [6, 6.07) is 78.4. The van der Waals surface area contributed by atoms with E-state index in [4.69, 9.17) is 9.97 Å². The van der Waals surface area contributed by atoms with E-state index in [1.165, 1.54) is 47.2 Å². The van der Waals surface area contributed by atoms with Gasteiger partial charge >= 0.3 is 0 Å². The lowest BCUT2D eigenvalue weighted by molar-refractivity contribution is 1.15. The maximum absolute atomic E-state index is 5.46. The monoisotopic (exact) mass is 820 g/mol. The minimum atomic E-state index is 0.683. The summed E-state index contributed by atoms with van der Waals surface area (Å²) in [7, 11) is 0. The number of fused-ring (bicyclic) bond motifs is 10. The zero-order valence-electron chi connectivity index (χ0n) is 34.0. The first-order valence-electron chi connectivity index (χ1n) is 21.3. The second kappa shape index (κ2) is 14.2. The van der Waals surface area contributed by atoms with E-state index in [0.29, 0.717) is 5.82 Å². The van der Waals surface area contributed by atoms with Crippen molar-refractivity contribution >= 4 is 75.1 Å². The average Bonchev–Trinajstić information content (AvgIpc) is 4.02. The summed E-state index contributed by atoms with van der Waals surface area (Å²) in [4.78, 5) is 10.7. The van der Waals surface area contributed by atoms with Gasteiger partial charge in [-0.05, 0) is 48.5 Å². The van der Waals surface area contributed by atoms with Crippen LogP contribution in [-0.2, 0) is 0 Å². The van der Waals surface area contributed by atoms with Gasteiger partial charge in [-0.1, -0.05) is 170 Å². The lowest BCUT2D eigenvalue weighted by atomic mass is 9.93. The van der Waals surface area contributed by atoms with Gasteiger partial charge in [0.25, 0.3) is 0 Å². The summed E-state index contributed by atoms with van der Waals surface area (Å²) < 4.78 is 7.54. The van der Waals surface area contributed by atoms with E-state index in [2.05, 4.69) is 221 Å². The molecule has 0 amide bonds. The van der Waals surface area contributed by atoms with Crippen LogP contribution in [0, 0.1) is 0 Å². The Bertz CT molecular complexity index is 3800. The van der Waals surface area contributed by atoms with Gasteiger partial charge < -0.3 is 9.13 Å². The number of thiophene rings is 1. The standard InChI is InChI=1S/C58H36N4S/c1-3-18-37(19-4-1)46-36-47(60-58(59-46)38-20-5-2-6-21-38)43-27-17-32-52(55(43)44-25-9-14-30-50(44)61-48-28-12-7-22-39(48)40-23-8-13-29-49(40)61)62-51-31-15-10-26-45(51)56-53(62)35-34-42-41-24-11-16-33-54(41)63-57(42)56/h1-36H. The number of rotatable bonds is 6. The summed E-state index contributed by atoms with van der Waals surface area (Å²) in [6.45, 7) is 0. The van der Waals surface area contributed by atoms with Crippen LogP contribution in [0.5, 0.6) is 0 Å². The molecule has 13 rings (SSSR count). The first-order valence-corrected chi connectivity index (χ1v) is 22.2. The summed E-state index contributed by atoms with van der Waals surface area (Å²) in [6.07, 6.45) is 0. The second-order valence-electron chi connectivity index (χ2n) is 16.1. The zero-order valence-corrected chi connectivity index (χ0v) is 34.8. The third kappa shape index (κ3) is 5.53. The molecule has 0 aliphatic carbocycles. The second-order valence-corrected chi connectivity index (χ2v) is 17.1. The van der Waals surface area contributed by atoms with Crippen LogP contribution in [0.2, 0.25) is 0 Å². The van der Waals surface area contributed by atoms with Crippen molar-refractivity contribution in [1.29, 1.82) is 0 Å². The molecule has 5 heteroatoms. The number of nitrogens with zero attached hydrogens (tertiary/aromatic N) is 4. The minimum Gasteiger partial charge on any atom is -0.309 e. The highest BCUT2D eigenvalue weighted by Crippen LogP contribution is 2.47. The van der Waals surface area contributed by atoms with Crippen LogP contribution in [-0.4, -0.2) is 19.1 Å². The van der Waals surface area contributed by atoms with Crippen LogP contribution in [0.25, 0.3) is 120 Å². The van der Waals surface area contributed by atoms with Gasteiger partial charge in [0.1, 0.15) is 0 Å². The molecule has 63 heavy (non-hydrogen) atoms. The van der Waals surface area contributed by atoms with E-state index < -0.39 is 0 Å². The fourth-order valence-electron chi connectivity index (χ4n) is 9.84. The van der Waals surface area contributed by atoms with E-state index in [0.717, 1.165) is 67.1 Å². The van der Waals surface area contributed by atoms with Crippen molar-refractivity contribution in [2.24, 2.45) is 0 Å². The van der Waals surface area contributed by atoms with Gasteiger partial charge in [0.2, 0.25) is 0 Å². The predicted molar refractivity (Wildman–Crippen MR) is 265 cm³/mol. The molecule has 0 saturated heterocycles. The van der Waals surface area contributed by atoms with Crippen molar-refractivity contribution in [2.75, 3.05) is 0 Å². The Hall–Kier alpha value is -8.12. The Morgan fingerprint density at radius 3 is 1.63 bits per heavy atom. The molecule has 9 aromatic carbocycles. The van der Waals surface area contributed by atoms with Crippen LogP contribution in [0.3, 0.4) is 0 Å². The Morgan fingerprint density at radius 1 is 0.349 bits per heavy atom. The van der Waals surface area contributed by atoms with Crippen molar-refractivity contribution in [3.63, 3.8) is 0 Å². The molecule has 0 spiro atoms. The topological polar surface area (TPSA) is 35.6 Å². The molecule has 294 valence electrons. The highest BCUT2D eigenvalue weighted by atomic mass is 32.1. The molecule has 0 radical (unpaired) electrons. The first kappa shape index (κ1) is 35.6. The molecule has 0 unspecified atom stereocenters. The van der Waals surface area contributed by atoms with Crippen LogP contribution in [0.15, 0.2) is 218 Å². The van der Waals surface area contributed by atoms with Crippen LogP contribution in [0.1, 0.15) is 0 Å². The average molecular weight is 821 g/mol. The van der Waals surface area contributed by atoms with Gasteiger partial charge in [0.15, 0.2) is 5.82 Å². The molecular weight excluding hydrogens is 785 g/mol. The molecule has 0 aliphatic heterocycles. The van der Waals surface area contributed by atoms with Gasteiger partial charge in [-0.15, -0.1) is 11.3 Å². The van der Waals surface area contributed by atoms with Crippen molar-refractivity contribution in [2.45, 2.75) is 0 Å². The number of aromatic nitrogens is 4. The van der Waals surface area contributed by atoms with Crippen molar-refractivity contribution < 1.29 is 0 Å². The Balaban J connectivity index is 1.18. The highest BCUT2D eigenvalue weighted by Gasteiger charge is 2.25. The van der Waals surface area contributed by atoms with E-state index in [1.807, 2.05) is 17.4 Å². The van der Waals surface area contributed by atoms with Gasteiger partial charge in [-0.25, -0.2) is 9.97 Å². The quantitative estimate of drug-likeness (QED) is 0.167. The van der Waals surface area contributed by atoms with E-state index in [1.54, 1.807) is 0 Å². The summed E-state index contributed by atoms with van der Waals surface area (Å²) in [5.74, 6) is 0.683. The Kier molecular flexibility index (Phi) is 8.05. The van der Waals surface area contributed by atoms with Crippen molar-refractivity contribution in [3.05, 3.63) is 218 Å².